The smallest absolute Gasteiger partial charge is 0.369 e. The Balaban J connectivity index is 0. The average Bonchev–Trinajstić information content (AvgIpc) is 0.918. The van der Waals surface area contributed by atoms with Crippen molar-refractivity contribution in [2.24, 2.45) is 0 Å². The van der Waals surface area contributed by atoms with E-state index in [-0.39, 0.29) is 6.15 Å². The van der Waals surface area contributed by atoms with Crippen LogP contribution in [-0.4, -0.2) is 0 Å². The quantitative estimate of drug-likeness (QED) is 0.612. The minimum absolute atomic E-state index is 0. The molecule has 28 valence electrons. The fraction of sp³-hybridized carbons (Fsp3) is 0. The van der Waals surface area contributed by atoms with Crippen LogP contribution < -0.4 is 6.15 Å². The van der Waals surface area contributed by atoms with Crippen molar-refractivity contribution in [1.29, 1.82) is 5.26 Å². The van der Waals surface area contributed by atoms with Gasteiger partial charge in [0.1, 0.15) is 0 Å². The van der Waals surface area contributed by atoms with Gasteiger partial charge in [-0.2, -0.15) is 0 Å². The minimum atomic E-state index is 0. The molecule has 0 aliphatic carbocycles. The Hall–Kier alpha value is 0.190. The van der Waals surface area contributed by atoms with E-state index in [1.807, 2.05) is 0 Å². The molecular weight excluding hydrogens is 237 g/mol. The summed E-state index contributed by atoms with van der Waals surface area (Å²) in [6.45, 7) is 0. The van der Waals surface area contributed by atoms with Crippen molar-refractivity contribution in [2.75, 3.05) is 0 Å². The second-order valence-corrected chi connectivity index (χ2v) is 0.552. The van der Waals surface area contributed by atoms with E-state index in [4.69, 9.17) is 5.26 Å². The monoisotopic (exact) mass is 241 g/mol. The molecule has 0 fully saturated rings. The topological polar surface area (TPSA) is 60.3 Å². The molecule has 0 aromatic carbocycles. The van der Waals surface area contributed by atoms with Gasteiger partial charge in [0.15, 0.2) is 0 Å². The summed E-state index contributed by atoms with van der Waals surface area (Å²) in [5.41, 5.74) is 0. The van der Waals surface area contributed by atoms with Crippen LogP contribution in [0.25, 0.3) is 0 Å². The van der Waals surface area contributed by atoms with Gasteiger partial charge in [-0.05, 0) is 0 Å². The van der Waals surface area contributed by atoms with Gasteiger partial charge in [0, 0.05) is 0 Å². The van der Waals surface area contributed by atoms with E-state index in [1.165, 1.54) is 0 Å². The van der Waals surface area contributed by atoms with Crippen LogP contribution in [0.4, 0.5) is 0 Å². The molecule has 0 amide bonds. The molecule has 0 atom stereocenters. The standard InChI is InChI=1S/CN.Au.H3N/c1-2;;/h;;1H3/p+1. The first kappa shape index (κ1) is 8.89. The molecule has 0 unspecified atom stereocenters. The SMILES string of the molecule is N#[C][Au].[NH4+]. The van der Waals surface area contributed by atoms with Gasteiger partial charge in [0.25, 0.3) is 0 Å². The van der Waals surface area contributed by atoms with Crippen molar-refractivity contribution in [3.63, 3.8) is 0 Å². The summed E-state index contributed by atoms with van der Waals surface area (Å²) < 4.78 is 1.69. The summed E-state index contributed by atoms with van der Waals surface area (Å²) in [5, 5.41) is 7.29. The molecule has 0 aliphatic rings. The van der Waals surface area contributed by atoms with E-state index in [0.717, 1.165) is 0 Å². The molecule has 0 spiro atoms. The van der Waals surface area contributed by atoms with E-state index >= 15 is 0 Å². The number of rotatable bonds is 0. The number of nitriles is 1. The van der Waals surface area contributed by atoms with Crippen LogP contribution in [0.2, 0.25) is 0 Å². The van der Waals surface area contributed by atoms with Crippen molar-refractivity contribution in [2.45, 2.75) is 0 Å². The molecule has 0 aliphatic heterocycles. The van der Waals surface area contributed by atoms with Crippen LogP contribution in [0.5, 0.6) is 0 Å². The van der Waals surface area contributed by atoms with Crippen molar-refractivity contribution < 1.29 is 21.1 Å². The van der Waals surface area contributed by atoms with Crippen molar-refractivity contribution in [3.8, 4) is 4.29 Å². The van der Waals surface area contributed by atoms with Gasteiger partial charge < -0.3 is 6.15 Å². The first-order valence-electron chi connectivity index (χ1n) is 0.374. The van der Waals surface area contributed by atoms with Crippen LogP contribution in [0.15, 0.2) is 0 Å². The zero-order valence-corrected chi connectivity index (χ0v) is 4.42. The van der Waals surface area contributed by atoms with Crippen LogP contribution in [-0.2, 0) is 21.1 Å². The van der Waals surface area contributed by atoms with E-state index in [0.29, 0.717) is 0 Å². The van der Waals surface area contributed by atoms with E-state index < -0.39 is 0 Å². The molecule has 0 rings (SSSR count). The molecule has 3 heteroatoms. The van der Waals surface area contributed by atoms with Crippen LogP contribution in [0.3, 0.4) is 0 Å². The maximum atomic E-state index is 7.29. The maximum Gasteiger partial charge on any atom is -0.369 e. The van der Waals surface area contributed by atoms with Gasteiger partial charge in [-0.3, -0.25) is 0 Å². The molecule has 2 nitrogen and oxygen atoms in total. The number of nitrogens with zero attached hydrogens (tertiary/aromatic N) is 1. The summed E-state index contributed by atoms with van der Waals surface area (Å²) in [6, 6.07) is 0. The maximum absolute atomic E-state index is 7.29. The molecule has 4 heavy (non-hydrogen) atoms. The van der Waals surface area contributed by atoms with Gasteiger partial charge in [0.2, 0.25) is 0 Å². The largest absolute Gasteiger partial charge is 0.369 e. The van der Waals surface area contributed by atoms with Gasteiger partial charge in [0.05, 0.1) is 0 Å². The molecule has 0 aromatic rings. The Bertz CT molecular complexity index is 27.5. The van der Waals surface area contributed by atoms with Crippen molar-refractivity contribution >= 4 is 0 Å². The Morgan fingerprint density at radius 2 is 1.75 bits per heavy atom. The van der Waals surface area contributed by atoms with E-state index in [9.17, 15) is 0 Å². The van der Waals surface area contributed by atoms with Crippen LogP contribution in [0, 0.1) is 9.55 Å². The summed E-state index contributed by atoms with van der Waals surface area (Å²) in [5.74, 6) is 0. The van der Waals surface area contributed by atoms with Crippen molar-refractivity contribution in [3.05, 3.63) is 0 Å². The molecule has 0 aromatic heterocycles. The Morgan fingerprint density at radius 3 is 1.75 bits per heavy atom. The number of quaternary nitrogens is 1. The third-order valence-corrected chi connectivity index (χ3v) is 0. The second-order valence-electron chi connectivity index (χ2n) is 0.0674. The summed E-state index contributed by atoms with van der Waals surface area (Å²) in [6.07, 6.45) is 0. The van der Waals surface area contributed by atoms with Gasteiger partial charge in [-0.15, -0.1) is 0 Å². The average molecular weight is 241 g/mol. The van der Waals surface area contributed by atoms with E-state index in [1.54, 1.807) is 25.4 Å². The first-order valence-corrected chi connectivity index (χ1v) is 1.46. The Kier molecular flexibility index (Phi) is 24.0. The zero-order chi connectivity index (χ0) is 2.71. The molecule has 0 heterocycles. The fourth-order valence-electron chi connectivity index (χ4n) is 0. The normalized spacial score (nSPS) is 2.25. The molecule has 0 bridgehead atoms. The van der Waals surface area contributed by atoms with Gasteiger partial charge in [-0.1, -0.05) is 0 Å². The zero-order valence-electron chi connectivity index (χ0n) is 2.25. The minimum Gasteiger partial charge on any atom is -0.369 e. The summed E-state index contributed by atoms with van der Waals surface area (Å²) in [7, 11) is 0. The van der Waals surface area contributed by atoms with Crippen LogP contribution >= 0.6 is 0 Å². The van der Waals surface area contributed by atoms with Gasteiger partial charge in [-0.25, -0.2) is 0 Å². The third-order valence-electron chi connectivity index (χ3n) is 0. The predicted molar refractivity (Wildman–Crippen MR) is 11.6 cm³/mol. The van der Waals surface area contributed by atoms with Gasteiger partial charge >= 0.3 is 30.6 Å². The third kappa shape index (κ3) is 85.7. The molecule has 0 radical (unpaired) electrons. The van der Waals surface area contributed by atoms with Crippen LogP contribution in [0.1, 0.15) is 0 Å². The molecule has 0 saturated heterocycles. The molecule has 4 N–H and O–H groups in total. The van der Waals surface area contributed by atoms with E-state index in [2.05, 4.69) is 0 Å². The Labute approximate surface area is 37.3 Å². The molecule has 0 saturated carbocycles. The Morgan fingerprint density at radius 1 is 1.75 bits per heavy atom. The predicted octanol–water partition coefficient (Wildman–Crippen LogP) is 0.390. The number of hydrogen-bond acceptors (Lipinski definition) is 1. The summed E-state index contributed by atoms with van der Waals surface area (Å²) >= 11 is 1.73. The molecular formula is CH4AuN2+. The summed E-state index contributed by atoms with van der Waals surface area (Å²) in [4.78, 5) is 0. The second kappa shape index (κ2) is 10.8. The van der Waals surface area contributed by atoms with Crippen molar-refractivity contribution in [1.82, 2.24) is 6.15 Å². The first-order chi connectivity index (χ1) is 1.41. The number of hydrogen-bond donors (Lipinski definition) is 1. The fourth-order valence-corrected chi connectivity index (χ4v) is 0.